The highest BCUT2D eigenvalue weighted by Gasteiger charge is 2.20. The fourth-order valence-electron chi connectivity index (χ4n) is 2.75. The van der Waals surface area contributed by atoms with Gasteiger partial charge in [-0.3, -0.25) is 14.4 Å². The maximum Gasteiger partial charge on any atom is 0.272 e. The minimum Gasteiger partial charge on any atom is -0.378 e. The topological polar surface area (TPSA) is 106 Å². The van der Waals surface area contributed by atoms with Gasteiger partial charge >= 0.3 is 0 Å². The Morgan fingerprint density at radius 3 is 2.54 bits per heavy atom. The number of amides is 3. The van der Waals surface area contributed by atoms with Crippen molar-refractivity contribution in [2.75, 3.05) is 38.2 Å². The SMILES string of the molecule is CCC(=O)Nc1cc(C(=O)NCC(=O)N2CCOCC2)nn1-c1ccccc1. The molecule has 0 unspecified atom stereocenters. The van der Waals surface area contributed by atoms with Crippen LogP contribution in [0.4, 0.5) is 5.82 Å². The maximum absolute atomic E-state index is 12.5. The van der Waals surface area contributed by atoms with Gasteiger partial charge in [0.1, 0.15) is 5.82 Å². The molecule has 0 aliphatic carbocycles. The summed E-state index contributed by atoms with van der Waals surface area (Å²) in [6, 6.07) is 10.7. The Balaban J connectivity index is 1.72. The summed E-state index contributed by atoms with van der Waals surface area (Å²) in [6.45, 7) is 3.66. The van der Waals surface area contributed by atoms with Crippen LogP contribution in [0.1, 0.15) is 23.8 Å². The molecule has 9 heteroatoms. The average molecular weight is 385 g/mol. The minimum absolute atomic E-state index is 0.116. The number of aromatic nitrogens is 2. The van der Waals surface area contributed by atoms with Gasteiger partial charge in [0, 0.05) is 25.6 Å². The van der Waals surface area contributed by atoms with E-state index in [1.807, 2.05) is 30.3 Å². The molecule has 1 aliphatic rings. The van der Waals surface area contributed by atoms with Crippen LogP contribution in [0.3, 0.4) is 0 Å². The average Bonchev–Trinajstić information content (AvgIpc) is 3.16. The number of carbonyl (C=O) groups excluding carboxylic acids is 3. The molecule has 28 heavy (non-hydrogen) atoms. The predicted molar refractivity (Wildman–Crippen MR) is 102 cm³/mol. The van der Waals surface area contributed by atoms with Gasteiger partial charge in [0.05, 0.1) is 25.4 Å². The van der Waals surface area contributed by atoms with E-state index in [9.17, 15) is 14.4 Å². The van der Waals surface area contributed by atoms with Gasteiger partial charge in [-0.05, 0) is 12.1 Å². The van der Waals surface area contributed by atoms with Crippen molar-refractivity contribution in [3.63, 3.8) is 0 Å². The second-order valence-electron chi connectivity index (χ2n) is 6.24. The van der Waals surface area contributed by atoms with Crippen molar-refractivity contribution in [1.82, 2.24) is 20.0 Å². The van der Waals surface area contributed by atoms with Crippen molar-refractivity contribution in [3.8, 4) is 5.69 Å². The zero-order valence-electron chi connectivity index (χ0n) is 15.7. The lowest BCUT2D eigenvalue weighted by atomic mass is 10.3. The number of para-hydroxylation sites is 1. The number of benzene rings is 1. The van der Waals surface area contributed by atoms with E-state index in [0.29, 0.717) is 44.2 Å². The van der Waals surface area contributed by atoms with Crippen molar-refractivity contribution in [2.24, 2.45) is 0 Å². The zero-order valence-corrected chi connectivity index (χ0v) is 15.7. The van der Waals surface area contributed by atoms with E-state index >= 15 is 0 Å². The molecule has 148 valence electrons. The van der Waals surface area contributed by atoms with Crippen LogP contribution < -0.4 is 10.6 Å². The van der Waals surface area contributed by atoms with Crippen molar-refractivity contribution >= 4 is 23.5 Å². The van der Waals surface area contributed by atoms with Crippen LogP contribution in [0, 0.1) is 0 Å². The molecule has 0 saturated carbocycles. The summed E-state index contributed by atoms with van der Waals surface area (Å²) in [5.74, 6) is -0.448. The van der Waals surface area contributed by atoms with Crippen LogP contribution in [0.15, 0.2) is 36.4 Å². The van der Waals surface area contributed by atoms with Crippen LogP contribution in [-0.2, 0) is 14.3 Å². The molecule has 9 nitrogen and oxygen atoms in total. The summed E-state index contributed by atoms with van der Waals surface area (Å²) < 4.78 is 6.71. The summed E-state index contributed by atoms with van der Waals surface area (Å²) in [6.07, 6.45) is 0.301. The van der Waals surface area contributed by atoms with Gasteiger partial charge in [0.2, 0.25) is 11.8 Å². The van der Waals surface area contributed by atoms with Crippen LogP contribution in [0.5, 0.6) is 0 Å². The Morgan fingerprint density at radius 2 is 1.86 bits per heavy atom. The summed E-state index contributed by atoms with van der Waals surface area (Å²) in [4.78, 5) is 38.1. The number of anilines is 1. The largest absolute Gasteiger partial charge is 0.378 e. The number of carbonyl (C=O) groups is 3. The zero-order chi connectivity index (χ0) is 19.9. The predicted octanol–water partition coefficient (Wildman–Crippen LogP) is 0.809. The van der Waals surface area contributed by atoms with Crippen molar-refractivity contribution in [1.29, 1.82) is 0 Å². The number of hydrogen-bond acceptors (Lipinski definition) is 5. The highest BCUT2D eigenvalue weighted by atomic mass is 16.5. The van der Waals surface area contributed by atoms with Crippen molar-refractivity contribution in [2.45, 2.75) is 13.3 Å². The molecule has 2 N–H and O–H groups in total. The molecule has 0 atom stereocenters. The van der Waals surface area contributed by atoms with Crippen LogP contribution in [0.25, 0.3) is 5.69 Å². The molecule has 1 aliphatic heterocycles. The first-order valence-corrected chi connectivity index (χ1v) is 9.17. The number of morpholine rings is 1. The first kappa shape index (κ1) is 19.6. The van der Waals surface area contributed by atoms with Crippen LogP contribution in [-0.4, -0.2) is 65.2 Å². The smallest absolute Gasteiger partial charge is 0.272 e. The molecule has 0 bridgehead atoms. The molecule has 2 aromatic rings. The minimum atomic E-state index is -0.483. The Kier molecular flexibility index (Phi) is 6.38. The lowest BCUT2D eigenvalue weighted by Crippen LogP contribution is -2.45. The Hall–Kier alpha value is -3.20. The number of rotatable bonds is 6. The summed E-state index contributed by atoms with van der Waals surface area (Å²) in [5.41, 5.74) is 0.822. The fraction of sp³-hybridized carbons (Fsp3) is 0.368. The molecule has 1 fully saturated rings. The number of hydrogen-bond donors (Lipinski definition) is 2. The van der Waals surface area contributed by atoms with Crippen molar-refractivity contribution < 1.29 is 19.1 Å². The quantitative estimate of drug-likeness (QED) is 0.766. The van der Waals surface area contributed by atoms with Gasteiger partial charge in [0.25, 0.3) is 5.91 Å². The van der Waals surface area contributed by atoms with E-state index in [2.05, 4.69) is 15.7 Å². The maximum atomic E-state index is 12.5. The van der Waals surface area contributed by atoms with E-state index in [1.54, 1.807) is 11.8 Å². The van der Waals surface area contributed by atoms with Gasteiger partial charge in [0.15, 0.2) is 5.69 Å². The van der Waals surface area contributed by atoms with E-state index < -0.39 is 5.91 Å². The third-order valence-corrected chi connectivity index (χ3v) is 4.30. The lowest BCUT2D eigenvalue weighted by Gasteiger charge is -2.26. The van der Waals surface area contributed by atoms with Crippen LogP contribution in [0.2, 0.25) is 0 Å². The standard InChI is InChI=1S/C19H23N5O4/c1-2-17(25)21-16-12-15(22-24(16)14-6-4-3-5-7-14)19(27)20-13-18(26)23-8-10-28-11-9-23/h3-7,12H,2,8-11,13H2,1H3,(H,20,27)(H,21,25). The molecule has 1 aromatic carbocycles. The highest BCUT2D eigenvalue weighted by Crippen LogP contribution is 2.17. The number of nitrogens with zero attached hydrogens (tertiary/aromatic N) is 3. The second kappa shape index (κ2) is 9.14. The van der Waals surface area contributed by atoms with Gasteiger partial charge in [-0.1, -0.05) is 25.1 Å². The molecular weight excluding hydrogens is 362 g/mol. The van der Waals surface area contributed by atoms with E-state index in [-0.39, 0.29) is 24.1 Å². The second-order valence-corrected chi connectivity index (χ2v) is 6.24. The van der Waals surface area contributed by atoms with E-state index in [0.717, 1.165) is 0 Å². The molecule has 3 rings (SSSR count). The monoisotopic (exact) mass is 385 g/mol. The fourth-order valence-corrected chi connectivity index (χ4v) is 2.75. The third-order valence-electron chi connectivity index (χ3n) is 4.30. The Bertz CT molecular complexity index is 843. The summed E-state index contributed by atoms with van der Waals surface area (Å²) in [7, 11) is 0. The molecule has 2 heterocycles. The van der Waals surface area contributed by atoms with E-state index in [4.69, 9.17) is 4.74 Å². The van der Waals surface area contributed by atoms with Crippen molar-refractivity contribution in [3.05, 3.63) is 42.1 Å². The summed E-state index contributed by atoms with van der Waals surface area (Å²) in [5, 5.41) is 9.64. The molecular formula is C19H23N5O4. The molecule has 3 amide bonds. The Morgan fingerprint density at radius 1 is 1.14 bits per heavy atom. The number of ether oxygens (including phenoxy) is 1. The highest BCUT2D eigenvalue weighted by molar-refractivity contribution is 5.97. The number of nitrogens with one attached hydrogen (secondary N) is 2. The van der Waals surface area contributed by atoms with Crippen LogP contribution >= 0.6 is 0 Å². The molecule has 0 radical (unpaired) electrons. The van der Waals surface area contributed by atoms with E-state index in [1.165, 1.54) is 10.7 Å². The molecule has 0 spiro atoms. The van der Waals surface area contributed by atoms with Gasteiger partial charge in [-0.25, -0.2) is 4.68 Å². The normalized spacial score (nSPS) is 13.8. The first-order chi connectivity index (χ1) is 13.6. The van der Waals surface area contributed by atoms with Gasteiger partial charge in [-0.2, -0.15) is 5.10 Å². The molecule has 1 aromatic heterocycles. The lowest BCUT2D eigenvalue weighted by molar-refractivity contribution is -0.134. The summed E-state index contributed by atoms with van der Waals surface area (Å²) >= 11 is 0. The molecule has 1 saturated heterocycles. The van der Waals surface area contributed by atoms with Gasteiger partial charge < -0.3 is 20.3 Å². The first-order valence-electron chi connectivity index (χ1n) is 9.17. The Labute approximate surface area is 162 Å². The van der Waals surface area contributed by atoms with Gasteiger partial charge in [-0.15, -0.1) is 0 Å². The third kappa shape index (κ3) is 4.74.